The third-order valence-corrected chi connectivity index (χ3v) is 5.47. The van der Waals surface area contributed by atoms with Gasteiger partial charge in [0.05, 0.1) is 31.6 Å². The highest BCUT2D eigenvalue weighted by Gasteiger charge is 2.17. The van der Waals surface area contributed by atoms with E-state index in [1.54, 1.807) is 18.4 Å². The predicted molar refractivity (Wildman–Crippen MR) is 115 cm³/mol. The Labute approximate surface area is 173 Å². The Bertz CT molecular complexity index is 1230. The highest BCUT2D eigenvalue weighted by atomic mass is 19.1. The minimum absolute atomic E-state index is 0.147. The van der Waals surface area contributed by atoms with Crippen molar-refractivity contribution in [1.82, 2.24) is 0 Å². The Balaban J connectivity index is 1.35. The fraction of sp³-hybridized carbons (Fsp3) is 0.208. The molecule has 30 heavy (non-hydrogen) atoms. The lowest BCUT2D eigenvalue weighted by molar-refractivity contribution is -0.115. The van der Waals surface area contributed by atoms with Crippen LogP contribution in [0.2, 0.25) is 0 Å². The van der Waals surface area contributed by atoms with E-state index in [-0.39, 0.29) is 18.1 Å². The first-order chi connectivity index (χ1) is 14.7. The number of fused-ring (bicyclic) bond motifs is 3. The van der Waals surface area contributed by atoms with Gasteiger partial charge in [-0.25, -0.2) is 4.39 Å². The zero-order valence-corrected chi connectivity index (χ0v) is 16.4. The first-order valence-electron chi connectivity index (χ1n) is 9.99. The monoisotopic (exact) mass is 404 g/mol. The minimum Gasteiger partial charge on any atom is -0.464 e. The number of morpholine rings is 1. The van der Waals surface area contributed by atoms with Crippen LogP contribution in [0.15, 0.2) is 65.3 Å². The van der Waals surface area contributed by atoms with Crippen LogP contribution in [0.25, 0.3) is 21.7 Å². The van der Waals surface area contributed by atoms with E-state index in [1.807, 2.05) is 41.3 Å². The van der Waals surface area contributed by atoms with Crippen molar-refractivity contribution >= 4 is 39.0 Å². The van der Waals surface area contributed by atoms with Gasteiger partial charge in [-0.2, -0.15) is 0 Å². The van der Waals surface area contributed by atoms with Crippen LogP contribution < -0.4 is 10.2 Å². The van der Waals surface area contributed by atoms with Crippen molar-refractivity contribution in [2.24, 2.45) is 0 Å². The third kappa shape index (κ3) is 3.50. The summed E-state index contributed by atoms with van der Waals surface area (Å²) in [6, 6.07) is 16.7. The van der Waals surface area contributed by atoms with Crippen LogP contribution in [0.4, 0.5) is 15.8 Å². The molecule has 1 aromatic heterocycles. The smallest absolute Gasteiger partial charge is 0.228 e. The van der Waals surface area contributed by atoms with Crippen LogP contribution in [-0.2, 0) is 16.0 Å². The highest BCUT2D eigenvalue weighted by Crippen LogP contribution is 2.30. The van der Waals surface area contributed by atoms with Gasteiger partial charge in [0.1, 0.15) is 11.4 Å². The summed E-state index contributed by atoms with van der Waals surface area (Å²) in [7, 11) is 0. The number of carbonyl (C=O) groups is 1. The quantitative estimate of drug-likeness (QED) is 0.534. The zero-order valence-electron chi connectivity index (χ0n) is 16.4. The van der Waals surface area contributed by atoms with Crippen molar-refractivity contribution in [3.8, 4) is 0 Å². The van der Waals surface area contributed by atoms with Gasteiger partial charge in [0, 0.05) is 29.7 Å². The van der Waals surface area contributed by atoms with Gasteiger partial charge in [0.2, 0.25) is 5.91 Å². The molecule has 1 aliphatic rings. The van der Waals surface area contributed by atoms with Crippen LogP contribution in [-0.4, -0.2) is 32.2 Å². The number of anilines is 2. The van der Waals surface area contributed by atoms with Gasteiger partial charge in [0.25, 0.3) is 0 Å². The molecule has 1 N–H and O–H groups in total. The lowest BCUT2D eigenvalue weighted by Gasteiger charge is -2.29. The first-order valence-corrected chi connectivity index (χ1v) is 9.99. The number of benzene rings is 3. The average molecular weight is 404 g/mol. The number of furan rings is 1. The molecule has 1 amide bonds. The Morgan fingerprint density at radius 1 is 1.07 bits per heavy atom. The molecule has 152 valence electrons. The maximum atomic E-state index is 14.6. The van der Waals surface area contributed by atoms with Crippen LogP contribution >= 0.6 is 0 Å². The van der Waals surface area contributed by atoms with E-state index in [1.165, 1.54) is 6.07 Å². The molecule has 1 saturated heterocycles. The lowest BCUT2D eigenvalue weighted by Crippen LogP contribution is -2.36. The number of rotatable bonds is 4. The molecule has 5 nitrogen and oxygen atoms in total. The van der Waals surface area contributed by atoms with Crippen LogP contribution in [0.3, 0.4) is 0 Å². The van der Waals surface area contributed by atoms with E-state index in [0.29, 0.717) is 37.7 Å². The standard InChI is InChI=1S/C24H21FN2O3/c25-20-14-18(6-7-21(20)27-9-11-29-12-10-27)26-23(28)13-17-15-30-22-8-5-16-3-1-2-4-19(16)24(17)22/h1-8,14-15H,9-13H2,(H,26,28). The second kappa shape index (κ2) is 7.80. The normalized spacial score (nSPS) is 14.4. The highest BCUT2D eigenvalue weighted by molar-refractivity contribution is 6.09. The van der Waals surface area contributed by atoms with E-state index in [9.17, 15) is 9.18 Å². The molecule has 4 aromatic rings. The number of halogens is 1. The van der Waals surface area contributed by atoms with Gasteiger partial charge in [-0.05, 0) is 35.0 Å². The Morgan fingerprint density at radius 3 is 2.73 bits per heavy atom. The summed E-state index contributed by atoms with van der Waals surface area (Å²) in [4.78, 5) is 14.6. The molecule has 2 heterocycles. The molecule has 1 aliphatic heterocycles. The van der Waals surface area contributed by atoms with E-state index in [2.05, 4.69) is 5.32 Å². The number of amides is 1. The molecule has 0 unspecified atom stereocenters. The largest absolute Gasteiger partial charge is 0.464 e. The summed E-state index contributed by atoms with van der Waals surface area (Å²) in [5.74, 6) is -0.571. The molecule has 0 bridgehead atoms. The summed E-state index contributed by atoms with van der Waals surface area (Å²) in [6.07, 6.45) is 1.77. The van der Waals surface area contributed by atoms with Crippen molar-refractivity contribution in [3.05, 3.63) is 72.2 Å². The number of ether oxygens (including phenoxy) is 1. The van der Waals surface area contributed by atoms with Crippen molar-refractivity contribution in [3.63, 3.8) is 0 Å². The molecular weight excluding hydrogens is 383 g/mol. The average Bonchev–Trinajstić information content (AvgIpc) is 3.17. The van der Waals surface area contributed by atoms with Gasteiger partial charge < -0.3 is 19.4 Å². The van der Waals surface area contributed by atoms with Crippen LogP contribution in [0.1, 0.15) is 5.56 Å². The van der Waals surface area contributed by atoms with Gasteiger partial charge >= 0.3 is 0 Å². The number of hydrogen-bond donors (Lipinski definition) is 1. The van der Waals surface area contributed by atoms with Crippen molar-refractivity contribution in [1.29, 1.82) is 0 Å². The Hall–Kier alpha value is -3.38. The fourth-order valence-electron chi connectivity index (χ4n) is 4.03. The maximum Gasteiger partial charge on any atom is 0.228 e. The Morgan fingerprint density at radius 2 is 1.90 bits per heavy atom. The predicted octanol–water partition coefficient (Wildman–Crippen LogP) is 4.74. The number of carbonyl (C=O) groups excluding carboxylic acids is 1. The van der Waals surface area contributed by atoms with Gasteiger partial charge in [-0.15, -0.1) is 0 Å². The molecular formula is C24H21FN2O3. The molecule has 1 fully saturated rings. The third-order valence-electron chi connectivity index (χ3n) is 5.47. The van der Waals surface area contributed by atoms with Gasteiger partial charge in [-0.3, -0.25) is 4.79 Å². The van der Waals surface area contributed by atoms with Gasteiger partial charge in [0.15, 0.2) is 0 Å². The molecule has 0 aliphatic carbocycles. The number of nitrogens with zero attached hydrogens (tertiary/aromatic N) is 1. The van der Waals surface area contributed by atoms with Crippen LogP contribution in [0, 0.1) is 5.82 Å². The van der Waals surface area contributed by atoms with Crippen molar-refractivity contribution in [2.75, 3.05) is 36.5 Å². The summed E-state index contributed by atoms with van der Waals surface area (Å²) in [5, 5.41) is 5.88. The molecule has 0 spiro atoms. The topological polar surface area (TPSA) is 54.7 Å². The number of hydrogen-bond acceptors (Lipinski definition) is 4. The van der Waals surface area contributed by atoms with E-state index in [4.69, 9.17) is 9.15 Å². The molecule has 6 heteroatoms. The molecule has 0 atom stereocenters. The minimum atomic E-state index is -0.352. The lowest BCUT2D eigenvalue weighted by atomic mass is 10.0. The number of nitrogens with one attached hydrogen (secondary N) is 1. The first kappa shape index (κ1) is 18.6. The molecule has 5 rings (SSSR count). The SMILES string of the molecule is O=C(Cc1coc2ccc3ccccc3c12)Nc1ccc(N2CCOCC2)c(F)c1. The van der Waals surface area contributed by atoms with Crippen LogP contribution in [0.5, 0.6) is 0 Å². The van der Waals surface area contributed by atoms with Gasteiger partial charge in [-0.1, -0.05) is 30.3 Å². The summed E-state index contributed by atoms with van der Waals surface area (Å²) in [6.45, 7) is 2.49. The van der Waals surface area contributed by atoms with Crippen molar-refractivity contribution < 1.29 is 18.3 Å². The van der Waals surface area contributed by atoms with Crippen molar-refractivity contribution in [2.45, 2.75) is 6.42 Å². The van der Waals surface area contributed by atoms with E-state index >= 15 is 0 Å². The second-order valence-electron chi connectivity index (χ2n) is 7.41. The summed E-state index contributed by atoms with van der Waals surface area (Å²) >= 11 is 0. The summed E-state index contributed by atoms with van der Waals surface area (Å²) in [5.41, 5.74) is 2.53. The second-order valence-corrected chi connectivity index (χ2v) is 7.41. The molecule has 3 aromatic carbocycles. The molecule has 0 radical (unpaired) electrons. The Kier molecular flexibility index (Phi) is 4.85. The van der Waals surface area contributed by atoms with E-state index < -0.39 is 0 Å². The zero-order chi connectivity index (χ0) is 20.5. The fourth-order valence-corrected chi connectivity index (χ4v) is 4.03. The maximum absolute atomic E-state index is 14.6. The molecule has 0 saturated carbocycles. The van der Waals surface area contributed by atoms with E-state index in [0.717, 1.165) is 27.3 Å². The summed E-state index contributed by atoms with van der Waals surface area (Å²) < 4.78 is 25.6.